The summed E-state index contributed by atoms with van der Waals surface area (Å²) >= 11 is 6.32. The van der Waals surface area contributed by atoms with Crippen molar-refractivity contribution in [1.82, 2.24) is 14.9 Å². The first-order chi connectivity index (χ1) is 11.4. The summed E-state index contributed by atoms with van der Waals surface area (Å²) in [6.07, 6.45) is 0.748. The van der Waals surface area contributed by atoms with E-state index in [9.17, 15) is 4.79 Å². The van der Waals surface area contributed by atoms with Gasteiger partial charge in [-0.25, -0.2) is 9.97 Å². The summed E-state index contributed by atoms with van der Waals surface area (Å²) in [5, 5.41) is 0.529. The molecule has 3 rings (SSSR count). The van der Waals surface area contributed by atoms with E-state index in [1.807, 2.05) is 49.9 Å². The molecular weight excluding hydrogens is 324 g/mol. The van der Waals surface area contributed by atoms with Crippen LogP contribution in [0.25, 0.3) is 0 Å². The third kappa shape index (κ3) is 2.96. The lowest BCUT2D eigenvalue weighted by Gasteiger charge is -2.30. The minimum absolute atomic E-state index is 0.0444. The van der Waals surface area contributed by atoms with Gasteiger partial charge in [-0.05, 0) is 31.9 Å². The first-order valence-electron chi connectivity index (χ1n) is 7.96. The number of halogens is 1. The molecule has 0 fully saturated rings. The van der Waals surface area contributed by atoms with Gasteiger partial charge in [0.1, 0.15) is 11.6 Å². The molecule has 1 aliphatic heterocycles. The number of carbonyl (C=O) groups excluding carboxylic acids is 1. The highest BCUT2D eigenvalue weighted by Crippen LogP contribution is 2.28. The van der Waals surface area contributed by atoms with Crippen molar-refractivity contribution < 1.29 is 4.79 Å². The first-order valence-corrected chi connectivity index (χ1v) is 8.34. The minimum atomic E-state index is -0.0444. The largest absolute Gasteiger partial charge is 0.362 e. The van der Waals surface area contributed by atoms with Gasteiger partial charge in [-0.2, -0.15) is 0 Å². The highest BCUT2D eigenvalue weighted by Gasteiger charge is 2.27. The molecule has 2 aromatic rings. The van der Waals surface area contributed by atoms with Gasteiger partial charge in [-0.15, -0.1) is 0 Å². The van der Waals surface area contributed by atoms with Crippen molar-refractivity contribution >= 4 is 23.3 Å². The number of hydrogen-bond acceptors (Lipinski definition) is 4. The SMILES string of the molecule is Cc1nc2c(c(N(C)C)n1)CCN(C(=O)c1cccc(C)c1Cl)C2. The normalized spacial score (nSPS) is 13.6. The van der Waals surface area contributed by atoms with Gasteiger partial charge in [0.2, 0.25) is 0 Å². The van der Waals surface area contributed by atoms with Gasteiger partial charge in [0, 0.05) is 26.2 Å². The monoisotopic (exact) mass is 344 g/mol. The van der Waals surface area contributed by atoms with Crippen LogP contribution in [0.5, 0.6) is 0 Å². The second kappa shape index (κ2) is 6.40. The maximum absolute atomic E-state index is 12.9. The van der Waals surface area contributed by atoms with Gasteiger partial charge in [0.05, 0.1) is 22.8 Å². The number of aryl methyl sites for hydroxylation is 2. The summed E-state index contributed by atoms with van der Waals surface area (Å²) in [5.41, 5.74) is 3.52. The fourth-order valence-corrected chi connectivity index (χ4v) is 3.26. The number of aromatic nitrogens is 2. The minimum Gasteiger partial charge on any atom is -0.362 e. The third-order valence-corrected chi connectivity index (χ3v) is 4.79. The predicted octanol–water partition coefficient (Wildman–Crippen LogP) is 3.01. The van der Waals surface area contributed by atoms with Crippen LogP contribution in [0.2, 0.25) is 5.02 Å². The molecule has 1 aromatic carbocycles. The molecule has 0 radical (unpaired) electrons. The van der Waals surface area contributed by atoms with Crippen LogP contribution < -0.4 is 4.90 Å². The second-order valence-corrected chi connectivity index (χ2v) is 6.71. The fourth-order valence-electron chi connectivity index (χ4n) is 3.06. The zero-order valence-corrected chi connectivity index (χ0v) is 15.2. The Bertz CT molecular complexity index is 804. The smallest absolute Gasteiger partial charge is 0.255 e. The molecule has 0 bridgehead atoms. The van der Waals surface area contributed by atoms with E-state index >= 15 is 0 Å². The summed E-state index contributed by atoms with van der Waals surface area (Å²) in [5.74, 6) is 1.62. The second-order valence-electron chi connectivity index (χ2n) is 6.33. The quantitative estimate of drug-likeness (QED) is 0.840. The topological polar surface area (TPSA) is 49.3 Å². The number of rotatable bonds is 2. The molecule has 6 heteroatoms. The van der Waals surface area contributed by atoms with E-state index in [4.69, 9.17) is 11.6 Å². The third-order valence-electron chi connectivity index (χ3n) is 4.29. The van der Waals surface area contributed by atoms with Crippen molar-refractivity contribution in [2.45, 2.75) is 26.8 Å². The molecule has 0 saturated heterocycles. The number of benzene rings is 1. The summed E-state index contributed by atoms with van der Waals surface area (Å²) in [6, 6.07) is 5.55. The van der Waals surface area contributed by atoms with Crippen LogP contribution in [0.3, 0.4) is 0 Å². The van der Waals surface area contributed by atoms with Crippen LogP contribution in [-0.2, 0) is 13.0 Å². The van der Waals surface area contributed by atoms with Gasteiger partial charge in [0.25, 0.3) is 5.91 Å². The Hall–Kier alpha value is -2.14. The molecule has 0 spiro atoms. The zero-order valence-electron chi connectivity index (χ0n) is 14.4. The van der Waals surface area contributed by atoms with E-state index in [0.717, 1.165) is 34.9 Å². The summed E-state index contributed by atoms with van der Waals surface area (Å²) in [7, 11) is 3.96. The summed E-state index contributed by atoms with van der Waals surface area (Å²) in [6.45, 7) is 4.92. The number of carbonyl (C=O) groups is 1. The molecule has 5 nitrogen and oxygen atoms in total. The number of amides is 1. The van der Waals surface area contributed by atoms with Gasteiger partial charge in [-0.1, -0.05) is 23.7 Å². The summed E-state index contributed by atoms with van der Waals surface area (Å²) in [4.78, 5) is 25.8. The van der Waals surface area contributed by atoms with E-state index in [0.29, 0.717) is 23.7 Å². The molecule has 1 aliphatic rings. The van der Waals surface area contributed by atoms with Crippen molar-refractivity contribution in [3.63, 3.8) is 0 Å². The Morgan fingerprint density at radius 3 is 2.71 bits per heavy atom. The number of hydrogen-bond donors (Lipinski definition) is 0. The average Bonchev–Trinajstić information content (AvgIpc) is 2.55. The molecule has 0 atom stereocenters. The Labute approximate surface area is 147 Å². The highest BCUT2D eigenvalue weighted by atomic mass is 35.5. The highest BCUT2D eigenvalue weighted by molar-refractivity contribution is 6.34. The van der Waals surface area contributed by atoms with Gasteiger partial charge < -0.3 is 9.80 Å². The van der Waals surface area contributed by atoms with E-state index in [1.165, 1.54) is 0 Å². The molecule has 1 aromatic heterocycles. The van der Waals surface area contributed by atoms with E-state index in [1.54, 1.807) is 6.07 Å². The van der Waals surface area contributed by atoms with Gasteiger partial charge >= 0.3 is 0 Å². The molecule has 24 heavy (non-hydrogen) atoms. The summed E-state index contributed by atoms with van der Waals surface area (Å²) < 4.78 is 0. The Morgan fingerprint density at radius 2 is 2.00 bits per heavy atom. The van der Waals surface area contributed by atoms with Crippen LogP contribution in [0.4, 0.5) is 5.82 Å². The van der Waals surface area contributed by atoms with Crippen molar-refractivity contribution in [1.29, 1.82) is 0 Å². The van der Waals surface area contributed by atoms with Crippen LogP contribution in [0, 0.1) is 13.8 Å². The molecular formula is C18H21ClN4O. The van der Waals surface area contributed by atoms with Crippen LogP contribution in [-0.4, -0.2) is 41.4 Å². The van der Waals surface area contributed by atoms with Crippen molar-refractivity contribution in [2.24, 2.45) is 0 Å². The van der Waals surface area contributed by atoms with Gasteiger partial charge in [0.15, 0.2) is 0 Å². The van der Waals surface area contributed by atoms with Crippen molar-refractivity contribution in [3.05, 3.63) is 51.4 Å². The number of nitrogens with zero attached hydrogens (tertiary/aromatic N) is 4. The molecule has 0 unspecified atom stereocenters. The predicted molar refractivity (Wildman–Crippen MR) is 95.7 cm³/mol. The lowest BCUT2D eigenvalue weighted by molar-refractivity contribution is 0.0731. The van der Waals surface area contributed by atoms with E-state index in [-0.39, 0.29) is 5.91 Å². The lowest BCUT2D eigenvalue weighted by atomic mass is 10.0. The van der Waals surface area contributed by atoms with Gasteiger partial charge in [-0.3, -0.25) is 4.79 Å². The van der Waals surface area contributed by atoms with Crippen LogP contribution in [0.1, 0.15) is 33.0 Å². The van der Waals surface area contributed by atoms with Crippen LogP contribution in [0.15, 0.2) is 18.2 Å². The molecule has 0 saturated carbocycles. The Balaban J connectivity index is 1.93. The number of fused-ring (bicyclic) bond motifs is 1. The van der Waals surface area contributed by atoms with E-state index < -0.39 is 0 Å². The number of anilines is 1. The Morgan fingerprint density at radius 1 is 1.25 bits per heavy atom. The molecule has 0 aliphatic carbocycles. The molecule has 0 N–H and O–H groups in total. The first kappa shape index (κ1) is 16.7. The molecule has 126 valence electrons. The maximum Gasteiger partial charge on any atom is 0.255 e. The maximum atomic E-state index is 12.9. The van der Waals surface area contributed by atoms with Crippen LogP contribution >= 0.6 is 11.6 Å². The molecule has 2 heterocycles. The van der Waals surface area contributed by atoms with Crippen molar-refractivity contribution in [3.8, 4) is 0 Å². The lowest BCUT2D eigenvalue weighted by Crippen LogP contribution is -2.37. The fraction of sp³-hybridized carbons (Fsp3) is 0.389. The van der Waals surface area contributed by atoms with Crippen molar-refractivity contribution in [2.75, 3.05) is 25.5 Å². The zero-order chi connectivity index (χ0) is 17.4. The Kier molecular flexibility index (Phi) is 4.45. The molecule has 1 amide bonds. The van der Waals surface area contributed by atoms with E-state index in [2.05, 4.69) is 9.97 Å². The average molecular weight is 345 g/mol. The standard InChI is InChI=1S/C18H21ClN4O/c1-11-6-5-7-14(16(11)19)18(24)23-9-8-13-15(10-23)20-12(2)21-17(13)22(3)4/h5-7H,8-10H2,1-4H3.